The zero-order valence-corrected chi connectivity index (χ0v) is 18.6. The topological polar surface area (TPSA) is 93.5 Å². The van der Waals surface area contributed by atoms with Crippen LogP contribution < -0.4 is 10.1 Å². The van der Waals surface area contributed by atoms with E-state index in [1.807, 2.05) is 73.6 Å². The van der Waals surface area contributed by atoms with E-state index in [9.17, 15) is 0 Å². The number of hydrogen-bond acceptors (Lipinski definition) is 6. The third-order valence-electron chi connectivity index (χ3n) is 5.41. The van der Waals surface area contributed by atoms with Gasteiger partial charge < -0.3 is 15.0 Å². The zero-order valence-electron chi connectivity index (χ0n) is 18.6. The second kappa shape index (κ2) is 9.22. The van der Waals surface area contributed by atoms with Crippen LogP contribution in [0, 0.1) is 0 Å². The van der Waals surface area contributed by atoms with Crippen molar-refractivity contribution in [3.05, 3.63) is 67.4 Å². The molecular weight excluding hydrogens is 414 g/mol. The molecule has 0 saturated heterocycles. The minimum absolute atomic E-state index is 0.618. The molecule has 5 rings (SSSR count). The molecule has 0 bridgehead atoms. The number of H-pyrrole nitrogens is 1. The molecule has 5 aromatic rings. The Balaban J connectivity index is 1.50. The Bertz CT molecular complexity index is 1390. The van der Waals surface area contributed by atoms with E-state index in [4.69, 9.17) is 9.72 Å². The second-order valence-electron chi connectivity index (χ2n) is 7.64. The first-order valence-electron chi connectivity index (χ1n) is 11.0. The van der Waals surface area contributed by atoms with Gasteiger partial charge >= 0.3 is 0 Å². The van der Waals surface area contributed by atoms with E-state index < -0.39 is 0 Å². The summed E-state index contributed by atoms with van der Waals surface area (Å²) in [7, 11) is 1.93. The van der Waals surface area contributed by atoms with Crippen molar-refractivity contribution in [3.63, 3.8) is 0 Å². The van der Waals surface area contributed by atoms with Crippen LogP contribution in [0.15, 0.2) is 67.4 Å². The first-order valence-corrected chi connectivity index (χ1v) is 11.0. The van der Waals surface area contributed by atoms with Gasteiger partial charge in [-0.3, -0.25) is 9.67 Å². The molecule has 4 heterocycles. The number of ether oxygens (including phenoxy) is 1. The summed E-state index contributed by atoms with van der Waals surface area (Å²) < 4.78 is 7.58. The lowest BCUT2D eigenvalue weighted by Crippen LogP contribution is -2.14. The molecule has 1 aromatic carbocycles. The van der Waals surface area contributed by atoms with Gasteiger partial charge in [-0.15, -0.1) is 0 Å². The van der Waals surface area contributed by atoms with E-state index in [-0.39, 0.29) is 0 Å². The molecule has 0 aliphatic heterocycles. The highest BCUT2D eigenvalue weighted by Gasteiger charge is 2.14. The number of nitrogens with one attached hydrogen (secondary N) is 2. The van der Waals surface area contributed by atoms with Crippen molar-refractivity contribution < 1.29 is 4.74 Å². The normalized spacial score (nSPS) is 11.2. The van der Waals surface area contributed by atoms with E-state index >= 15 is 0 Å². The second-order valence-corrected chi connectivity index (χ2v) is 7.64. The molecule has 0 radical (unpaired) electrons. The quantitative estimate of drug-likeness (QED) is 0.377. The first-order chi connectivity index (χ1) is 16.2. The van der Waals surface area contributed by atoms with Crippen LogP contribution >= 0.6 is 0 Å². The fraction of sp³-hybridized carbons (Fsp3) is 0.200. The van der Waals surface area contributed by atoms with Crippen molar-refractivity contribution in [1.29, 1.82) is 0 Å². The van der Waals surface area contributed by atoms with Crippen LogP contribution in [-0.4, -0.2) is 49.9 Å². The van der Waals surface area contributed by atoms with Crippen LogP contribution in [0.3, 0.4) is 0 Å². The number of nitrogens with zero attached hydrogens (tertiary/aromatic N) is 5. The van der Waals surface area contributed by atoms with E-state index in [1.165, 1.54) is 0 Å². The number of aromatic nitrogens is 6. The van der Waals surface area contributed by atoms with Gasteiger partial charge in [-0.2, -0.15) is 5.10 Å². The summed E-state index contributed by atoms with van der Waals surface area (Å²) in [6, 6.07) is 13.9. The summed E-state index contributed by atoms with van der Waals surface area (Å²) in [5.41, 5.74) is 7.12. The maximum Gasteiger partial charge on any atom is 0.119 e. The lowest BCUT2D eigenvalue weighted by Gasteiger charge is -2.07. The third-order valence-corrected chi connectivity index (χ3v) is 5.41. The van der Waals surface area contributed by atoms with Crippen molar-refractivity contribution in [2.45, 2.75) is 13.5 Å². The molecule has 0 spiro atoms. The van der Waals surface area contributed by atoms with Gasteiger partial charge in [0.2, 0.25) is 0 Å². The van der Waals surface area contributed by atoms with Crippen molar-refractivity contribution in [2.24, 2.45) is 0 Å². The largest absolute Gasteiger partial charge is 0.494 e. The predicted molar refractivity (Wildman–Crippen MR) is 129 cm³/mol. The number of hydrogen-bond donors (Lipinski definition) is 2. The summed E-state index contributed by atoms with van der Waals surface area (Å²) in [6.07, 6.45) is 7.45. The number of aromatic amines is 1. The Morgan fingerprint density at radius 1 is 1.00 bits per heavy atom. The highest BCUT2D eigenvalue weighted by atomic mass is 16.5. The maximum atomic E-state index is 5.65. The standard InChI is InChI=1S/C25H25N7O/c1-3-33-20-6-4-5-17(11-20)24-25(29-16-28-24)22-8-7-21-23(31-22)12-18(13-27-21)19-14-30-32(15-19)10-9-26-2/h4-8,11-16,26H,3,9-10H2,1-2H3,(H,28,29). The molecule has 166 valence electrons. The molecule has 0 unspecified atom stereocenters. The fourth-order valence-corrected chi connectivity index (χ4v) is 3.77. The molecule has 0 aliphatic carbocycles. The Morgan fingerprint density at radius 3 is 2.82 bits per heavy atom. The molecule has 0 saturated carbocycles. The van der Waals surface area contributed by atoms with Gasteiger partial charge in [-0.05, 0) is 44.3 Å². The van der Waals surface area contributed by atoms with Gasteiger partial charge in [0, 0.05) is 35.6 Å². The highest BCUT2D eigenvalue weighted by molar-refractivity contribution is 5.84. The van der Waals surface area contributed by atoms with E-state index in [2.05, 4.69) is 31.4 Å². The van der Waals surface area contributed by atoms with Crippen molar-refractivity contribution in [3.8, 4) is 39.5 Å². The average Bonchev–Trinajstić information content (AvgIpc) is 3.53. The average molecular weight is 440 g/mol. The first kappa shape index (κ1) is 20.8. The SMILES string of the molecule is CCOc1cccc(-c2nc[nH]c2-c2ccc3ncc(-c4cnn(CCNC)c4)cc3n2)c1. The van der Waals surface area contributed by atoms with E-state index in [1.54, 1.807) is 6.33 Å². The highest BCUT2D eigenvalue weighted by Crippen LogP contribution is 2.31. The Hall–Kier alpha value is -4.04. The summed E-state index contributed by atoms with van der Waals surface area (Å²) in [6.45, 7) is 4.27. The summed E-state index contributed by atoms with van der Waals surface area (Å²) in [5.74, 6) is 0.819. The van der Waals surface area contributed by atoms with E-state index in [0.29, 0.717) is 6.61 Å². The number of likely N-dealkylation sites (N-methyl/N-ethyl adjacent to an activating group) is 1. The van der Waals surface area contributed by atoms with Crippen molar-refractivity contribution >= 4 is 11.0 Å². The minimum Gasteiger partial charge on any atom is -0.494 e. The molecule has 0 fully saturated rings. The van der Waals surface area contributed by atoms with Crippen LogP contribution in [0.25, 0.3) is 44.8 Å². The number of benzene rings is 1. The van der Waals surface area contributed by atoms with Gasteiger partial charge in [0.1, 0.15) is 5.75 Å². The van der Waals surface area contributed by atoms with Crippen LogP contribution in [0.1, 0.15) is 6.92 Å². The fourth-order valence-electron chi connectivity index (χ4n) is 3.77. The maximum absolute atomic E-state index is 5.65. The molecule has 4 aromatic heterocycles. The molecular formula is C25H25N7O. The monoisotopic (exact) mass is 439 g/mol. The van der Waals surface area contributed by atoms with Gasteiger partial charge in [0.15, 0.2) is 0 Å². The molecule has 0 atom stereocenters. The molecule has 2 N–H and O–H groups in total. The zero-order chi connectivity index (χ0) is 22.6. The van der Waals surface area contributed by atoms with Crippen LogP contribution in [0.5, 0.6) is 5.75 Å². The summed E-state index contributed by atoms with van der Waals surface area (Å²) in [5, 5.41) is 7.58. The van der Waals surface area contributed by atoms with Gasteiger partial charge in [-0.25, -0.2) is 9.97 Å². The van der Waals surface area contributed by atoms with Crippen LogP contribution in [-0.2, 0) is 6.54 Å². The molecule has 8 nitrogen and oxygen atoms in total. The Morgan fingerprint density at radius 2 is 1.94 bits per heavy atom. The minimum atomic E-state index is 0.618. The lowest BCUT2D eigenvalue weighted by atomic mass is 10.1. The third kappa shape index (κ3) is 4.33. The van der Waals surface area contributed by atoms with Gasteiger partial charge in [0.25, 0.3) is 0 Å². The van der Waals surface area contributed by atoms with Crippen LogP contribution in [0.4, 0.5) is 0 Å². The van der Waals surface area contributed by atoms with Gasteiger partial charge in [-0.1, -0.05) is 12.1 Å². The number of imidazole rings is 1. The van der Waals surface area contributed by atoms with Crippen molar-refractivity contribution in [2.75, 3.05) is 20.2 Å². The number of fused-ring (bicyclic) bond motifs is 1. The molecule has 0 amide bonds. The van der Waals surface area contributed by atoms with E-state index in [0.717, 1.165) is 63.6 Å². The predicted octanol–water partition coefficient (Wildman–Crippen LogP) is 4.17. The lowest BCUT2D eigenvalue weighted by molar-refractivity contribution is 0.340. The Labute approximate surface area is 191 Å². The Kier molecular flexibility index (Phi) is 5.82. The number of rotatable bonds is 8. The molecule has 0 aliphatic rings. The van der Waals surface area contributed by atoms with Crippen LogP contribution in [0.2, 0.25) is 0 Å². The molecule has 33 heavy (non-hydrogen) atoms. The number of pyridine rings is 2. The smallest absolute Gasteiger partial charge is 0.119 e. The van der Waals surface area contributed by atoms with Gasteiger partial charge in [0.05, 0.1) is 53.8 Å². The molecule has 8 heteroatoms. The summed E-state index contributed by atoms with van der Waals surface area (Å²) >= 11 is 0. The summed E-state index contributed by atoms with van der Waals surface area (Å²) in [4.78, 5) is 17.3. The van der Waals surface area contributed by atoms with Crippen molar-refractivity contribution in [1.82, 2.24) is 35.0 Å².